The van der Waals surface area contributed by atoms with Crippen LogP contribution in [0.4, 0.5) is 26.3 Å². The second kappa shape index (κ2) is 13.1. The van der Waals surface area contributed by atoms with Crippen LogP contribution in [0.3, 0.4) is 0 Å². The lowest BCUT2D eigenvalue weighted by Crippen LogP contribution is -2.20. The molecule has 0 saturated carbocycles. The van der Waals surface area contributed by atoms with E-state index in [9.17, 15) is 22.0 Å². The van der Waals surface area contributed by atoms with Crippen molar-refractivity contribution < 1.29 is 35.8 Å². The van der Waals surface area contributed by atoms with Gasteiger partial charge in [-0.1, -0.05) is 62.6 Å². The molecule has 0 amide bonds. The van der Waals surface area contributed by atoms with E-state index in [1.807, 2.05) is 36.4 Å². The lowest BCUT2D eigenvalue weighted by Gasteiger charge is -2.12. The Morgan fingerprint density at radius 1 is 0.700 bits per heavy atom. The number of benzene rings is 4. The molecule has 0 aromatic heterocycles. The van der Waals surface area contributed by atoms with Gasteiger partial charge in [0, 0.05) is 5.39 Å². The Morgan fingerprint density at radius 2 is 1.40 bits per heavy atom. The first-order valence-electron chi connectivity index (χ1n) is 13.3. The van der Waals surface area contributed by atoms with Crippen LogP contribution >= 0.6 is 0 Å². The molecule has 4 rings (SSSR count). The third-order valence-corrected chi connectivity index (χ3v) is 6.61. The van der Waals surface area contributed by atoms with Gasteiger partial charge >= 0.3 is 6.18 Å². The fraction of sp³-hybridized carbons (Fsp3) is 0.312. The van der Waals surface area contributed by atoms with Crippen molar-refractivity contribution in [3.05, 3.63) is 95.3 Å². The summed E-state index contributed by atoms with van der Waals surface area (Å²) in [6.45, 7) is 1.05. The molecule has 0 bridgehead atoms. The average Bonchev–Trinajstić information content (AvgIpc) is 2.92. The molecule has 0 aliphatic rings. The smallest absolute Gasteiger partial charge is 0.422 e. The molecule has 4 aromatic rings. The molecule has 0 aliphatic heterocycles. The van der Waals surface area contributed by atoms with Gasteiger partial charge in [0.2, 0.25) is 0 Å². The molecule has 0 saturated heterocycles. The van der Waals surface area contributed by atoms with Crippen LogP contribution in [0.5, 0.6) is 11.5 Å². The number of ether oxygens (including phenoxy) is 2. The molecular weight excluding hydrogens is 530 g/mol. The van der Waals surface area contributed by atoms with Crippen molar-refractivity contribution in [2.45, 2.75) is 51.6 Å². The molecule has 212 valence electrons. The van der Waals surface area contributed by atoms with Crippen molar-refractivity contribution in [1.82, 2.24) is 0 Å². The van der Waals surface area contributed by atoms with Gasteiger partial charge in [0.25, 0.3) is 0 Å². The summed E-state index contributed by atoms with van der Waals surface area (Å²) in [6, 6.07) is 18.4. The zero-order chi connectivity index (χ0) is 28.7. The first kappa shape index (κ1) is 29.3. The summed E-state index contributed by atoms with van der Waals surface area (Å²) < 4.78 is 90.7. The Hall–Kier alpha value is -3.68. The zero-order valence-electron chi connectivity index (χ0n) is 22.1. The highest BCUT2D eigenvalue weighted by atomic mass is 19.4. The molecule has 8 heteroatoms. The second-order valence-corrected chi connectivity index (χ2v) is 9.70. The largest absolute Gasteiger partial charge is 0.494 e. The number of alkyl halides is 3. The minimum Gasteiger partial charge on any atom is -0.494 e. The molecule has 0 fully saturated rings. The lowest BCUT2D eigenvalue weighted by atomic mass is 9.97. The maximum atomic E-state index is 15.3. The Kier molecular flexibility index (Phi) is 9.61. The minimum absolute atomic E-state index is 0.0843. The van der Waals surface area contributed by atoms with E-state index in [0.717, 1.165) is 41.9 Å². The Balaban J connectivity index is 1.42. The van der Waals surface area contributed by atoms with Gasteiger partial charge in [-0.25, -0.2) is 13.2 Å². The van der Waals surface area contributed by atoms with E-state index in [1.54, 1.807) is 18.2 Å². The van der Waals surface area contributed by atoms with Gasteiger partial charge < -0.3 is 9.47 Å². The van der Waals surface area contributed by atoms with Crippen molar-refractivity contribution in [3.8, 4) is 22.6 Å². The SMILES string of the molecule is CCCCCCOc1ccc(-c2ccc3c(F)c(CCc4cc(F)c(OCC(F)(F)F)c(F)c4)ccc3c2)cc1. The average molecular weight is 561 g/mol. The summed E-state index contributed by atoms with van der Waals surface area (Å²) in [6.07, 6.45) is 0.0573. The number of fused-ring (bicyclic) bond motifs is 1. The number of unbranched alkanes of at least 4 members (excludes halogenated alkanes) is 3. The number of rotatable bonds is 12. The van der Waals surface area contributed by atoms with Crippen LogP contribution in [0, 0.1) is 17.5 Å². The topological polar surface area (TPSA) is 18.5 Å². The third-order valence-electron chi connectivity index (χ3n) is 6.61. The van der Waals surface area contributed by atoms with Gasteiger partial charge in [0.15, 0.2) is 24.0 Å². The minimum atomic E-state index is -4.72. The lowest BCUT2D eigenvalue weighted by molar-refractivity contribution is -0.154. The quantitative estimate of drug-likeness (QED) is 0.127. The fourth-order valence-electron chi connectivity index (χ4n) is 4.50. The summed E-state index contributed by atoms with van der Waals surface area (Å²) >= 11 is 0. The molecule has 0 radical (unpaired) electrons. The summed E-state index contributed by atoms with van der Waals surface area (Å²) in [5, 5.41) is 1.12. The van der Waals surface area contributed by atoms with Crippen molar-refractivity contribution in [2.24, 2.45) is 0 Å². The standard InChI is InChI=1S/C32H30F6O2/c1-2-3-4-5-16-39-26-13-10-22(11-14-26)24-12-15-27-25(19-24)9-8-23(30(27)35)7-6-21-17-28(33)31(29(34)18-21)40-20-32(36,37)38/h8-15,17-19H,2-7,16,20H2,1H3. The highest BCUT2D eigenvalue weighted by Gasteiger charge is 2.30. The normalized spacial score (nSPS) is 11.7. The van der Waals surface area contributed by atoms with Crippen LogP contribution in [0.1, 0.15) is 43.7 Å². The van der Waals surface area contributed by atoms with Crippen LogP contribution in [0.2, 0.25) is 0 Å². The predicted octanol–water partition coefficient (Wildman–Crippen LogP) is 9.61. The monoisotopic (exact) mass is 560 g/mol. The van der Waals surface area contributed by atoms with Gasteiger partial charge in [-0.3, -0.25) is 0 Å². The summed E-state index contributed by atoms with van der Waals surface area (Å²) in [5.41, 5.74) is 2.43. The molecule has 0 spiro atoms. The van der Waals surface area contributed by atoms with E-state index in [0.29, 0.717) is 22.9 Å². The molecule has 0 aliphatic carbocycles. The maximum Gasteiger partial charge on any atom is 0.422 e. The van der Waals surface area contributed by atoms with Gasteiger partial charge in [-0.2, -0.15) is 13.2 Å². The zero-order valence-corrected chi connectivity index (χ0v) is 22.1. The van der Waals surface area contributed by atoms with Crippen LogP contribution in [0.25, 0.3) is 21.9 Å². The van der Waals surface area contributed by atoms with Gasteiger partial charge in [-0.15, -0.1) is 0 Å². The Labute approximate surface area is 229 Å². The molecule has 0 heterocycles. The van der Waals surface area contributed by atoms with Crippen molar-refractivity contribution in [2.75, 3.05) is 13.2 Å². The molecule has 0 N–H and O–H groups in total. The molecule has 0 atom stereocenters. The molecule has 0 unspecified atom stereocenters. The van der Waals surface area contributed by atoms with Crippen LogP contribution in [0.15, 0.2) is 66.7 Å². The molecule has 40 heavy (non-hydrogen) atoms. The van der Waals surface area contributed by atoms with Gasteiger partial charge in [-0.05, 0) is 77.2 Å². The van der Waals surface area contributed by atoms with E-state index in [-0.39, 0.29) is 18.4 Å². The summed E-state index contributed by atoms with van der Waals surface area (Å²) in [7, 11) is 0. The Bertz CT molecular complexity index is 1410. The van der Waals surface area contributed by atoms with Crippen molar-refractivity contribution >= 4 is 10.8 Å². The van der Waals surface area contributed by atoms with E-state index in [1.165, 1.54) is 12.8 Å². The number of hydrogen-bond acceptors (Lipinski definition) is 2. The number of hydrogen-bond donors (Lipinski definition) is 0. The molecular formula is C32H30F6O2. The van der Waals surface area contributed by atoms with Crippen LogP contribution in [-0.2, 0) is 12.8 Å². The third kappa shape index (κ3) is 7.71. The molecule has 2 nitrogen and oxygen atoms in total. The predicted molar refractivity (Wildman–Crippen MR) is 144 cm³/mol. The van der Waals surface area contributed by atoms with Crippen LogP contribution in [-0.4, -0.2) is 19.4 Å². The van der Waals surface area contributed by atoms with Crippen molar-refractivity contribution in [3.63, 3.8) is 0 Å². The highest BCUT2D eigenvalue weighted by Crippen LogP contribution is 2.30. The molecule has 4 aromatic carbocycles. The van der Waals surface area contributed by atoms with Crippen molar-refractivity contribution in [1.29, 1.82) is 0 Å². The first-order valence-corrected chi connectivity index (χ1v) is 13.3. The van der Waals surface area contributed by atoms with Gasteiger partial charge in [0.1, 0.15) is 11.6 Å². The summed E-state index contributed by atoms with van der Waals surface area (Å²) in [4.78, 5) is 0. The van der Waals surface area contributed by atoms with Gasteiger partial charge in [0.05, 0.1) is 6.61 Å². The summed E-state index contributed by atoms with van der Waals surface area (Å²) in [5.74, 6) is -3.19. The van der Waals surface area contributed by atoms with E-state index in [2.05, 4.69) is 11.7 Å². The second-order valence-electron chi connectivity index (χ2n) is 9.70. The van der Waals surface area contributed by atoms with E-state index in [4.69, 9.17) is 4.74 Å². The maximum absolute atomic E-state index is 15.3. The number of halogens is 6. The highest BCUT2D eigenvalue weighted by molar-refractivity contribution is 5.88. The van der Waals surface area contributed by atoms with E-state index >= 15 is 4.39 Å². The number of aryl methyl sites for hydroxylation is 2. The van der Waals surface area contributed by atoms with Crippen LogP contribution < -0.4 is 9.47 Å². The van der Waals surface area contributed by atoms with E-state index < -0.39 is 36.0 Å². The Morgan fingerprint density at radius 3 is 2.08 bits per heavy atom. The fourth-order valence-corrected chi connectivity index (χ4v) is 4.50. The first-order chi connectivity index (χ1) is 19.1.